The molecule has 1 saturated carbocycles. The maximum atomic E-state index is 6.16. The number of aryl methyl sites for hydroxylation is 1. The van der Waals surface area contributed by atoms with Gasteiger partial charge in [0.1, 0.15) is 0 Å². The fraction of sp³-hybridized carbons (Fsp3) is 0.533. The number of fused-ring (bicyclic) bond motifs is 2. The van der Waals surface area contributed by atoms with Crippen molar-refractivity contribution >= 4 is 5.96 Å². The Morgan fingerprint density at radius 2 is 2.11 bits per heavy atom. The van der Waals surface area contributed by atoms with Gasteiger partial charge in [-0.05, 0) is 43.2 Å². The van der Waals surface area contributed by atoms with Gasteiger partial charge in [-0.2, -0.15) is 0 Å². The highest BCUT2D eigenvalue weighted by atomic mass is 15.4. The Balaban J connectivity index is 1.85. The van der Waals surface area contributed by atoms with Gasteiger partial charge in [-0.1, -0.05) is 24.3 Å². The summed E-state index contributed by atoms with van der Waals surface area (Å²) < 4.78 is 0. The lowest BCUT2D eigenvalue weighted by Gasteiger charge is -2.43. The first-order valence-electron chi connectivity index (χ1n) is 6.99. The number of hydrogen-bond donors (Lipinski definition) is 1. The van der Waals surface area contributed by atoms with Gasteiger partial charge in [0, 0.05) is 6.04 Å². The summed E-state index contributed by atoms with van der Waals surface area (Å²) in [5, 5.41) is 0. The molecule has 94 valence electrons. The minimum atomic E-state index is 0.0834. The fourth-order valence-electron chi connectivity index (χ4n) is 3.77. The van der Waals surface area contributed by atoms with E-state index in [0.29, 0.717) is 6.04 Å². The van der Waals surface area contributed by atoms with E-state index in [1.54, 1.807) is 0 Å². The second kappa shape index (κ2) is 3.50. The van der Waals surface area contributed by atoms with E-state index in [1.807, 2.05) is 0 Å². The van der Waals surface area contributed by atoms with E-state index in [2.05, 4.69) is 34.2 Å². The number of nitrogens with two attached hydrogens (primary N) is 1. The van der Waals surface area contributed by atoms with Crippen molar-refractivity contribution in [3.63, 3.8) is 0 Å². The molecule has 0 aromatic heterocycles. The molecule has 1 aromatic carbocycles. The third-order valence-electron chi connectivity index (χ3n) is 4.68. The van der Waals surface area contributed by atoms with Crippen LogP contribution in [0.1, 0.15) is 36.8 Å². The van der Waals surface area contributed by atoms with E-state index in [4.69, 9.17) is 5.73 Å². The van der Waals surface area contributed by atoms with Crippen LogP contribution in [0, 0.1) is 0 Å². The van der Waals surface area contributed by atoms with Crippen molar-refractivity contribution in [3.8, 4) is 0 Å². The predicted molar refractivity (Wildman–Crippen MR) is 72.4 cm³/mol. The molecule has 0 amide bonds. The summed E-state index contributed by atoms with van der Waals surface area (Å²) in [6.07, 6.45) is 6.21. The monoisotopic (exact) mass is 241 g/mol. The molecule has 1 aliphatic heterocycles. The van der Waals surface area contributed by atoms with Crippen LogP contribution in [0.2, 0.25) is 0 Å². The van der Waals surface area contributed by atoms with Crippen molar-refractivity contribution in [2.45, 2.75) is 43.7 Å². The van der Waals surface area contributed by atoms with Crippen molar-refractivity contribution < 1.29 is 0 Å². The minimum absolute atomic E-state index is 0.0834. The van der Waals surface area contributed by atoms with Gasteiger partial charge < -0.3 is 10.6 Å². The molecule has 1 spiro atoms. The summed E-state index contributed by atoms with van der Waals surface area (Å²) >= 11 is 0. The van der Waals surface area contributed by atoms with E-state index in [0.717, 1.165) is 12.5 Å². The second-order valence-electron chi connectivity index (χ2n) is 5.82. The highest BCUT2D eigenvalue weighted by Gasteiger charge is 2.51. The quantitative estimate of drug-likeness (QED) is 0.817. The first kappa shape index (κ1) is 10.4. The topological polar surface area (TPSA) is 41.6 Å². The Kier molecular flexibility index (Phi) is 2.02. The van der Waals surface area contributed by atoms with Crippen LogP contribution in [0.4, 0.5) is 0 Å². The largest absolute Gasteiger partial charge is 0.370 e. The lowest BCUT2D eigenvalue weighted by atomic mass is 9.75. The molecule has 1 heterocycles. The zero-order valence-corrected chi connectivity index (χ0v) is 10.6. The van der Waals surface area contributed by atoms with Crippen LogP contribution in [0.15, 0.2) is 29.3 Å². The summed E-state index contributed by atoms with van der Waals surface area (Å²) in [5.74, 6) is 0.772. The normalized spacial score (nSPS) is 30.4. The summed E-state index contributed by atoms with van der Waals surface area (Å²) in [4.78, 5) is 7.01. The standard InChI is InChI=1S/C15H19N3/c16-14-17-10-15(18(14)12-7-8-12)9-3-5-11-4-1-2-6-13(11)15/h1-2,4,6,12H,3,5,7-10H2,(H2,16,17). The van der Waals surface area contributed by atoms with Crippen molar-refractivity contribution in [1.29, 1.82) is 0 Å². The average molecular weight is 241 g/mol. The van der Waals surface area contributed by atoms with Gasteiger partial charge in [0.15, 0.2) is 5.96 Å². The zero-order chi connectivity index (χ0) is 12.2. The maximum absolute atomic E-state index is 6.16. The van der Waals surface area contributed by atoms with Gasteiger partial charge in [-0.15, -0.1) is 0 Å². The van der Waals surface area contributed by atoms with Crippen LogP contribution in [0.25, 0.3) is 0 Å². The van der Waals surface area contributed by atoms with Crippen molar-refractivity contribution in [2.24, 2.45) is 10.7 Å². The van der Waals surface area contributed by atoms with Gasteiger partial charge in [0.2, 0.25) is 0 Å². The number of benzene rings is 1. The second-order valence-corrected chi connectivity index (χ2v) is 5.82. The predicted octanol–water partition coefficient (Wildman–Crippen LogP) is 2.01. The SMILES string of the molecule is NC1=NCC2(CCCc3ccccc32)N1C1CC1. The first-order chi connectivity index (χ1) is 8.81. The minimum Gasteiger partial charge on any atom is -0.370 e. The maximum Gasteiger partial charge on any atom is 0.192 e. The molecular formula is C15H19N3. The van der Waals surface area contributed by atoms with Crippen LogP contribution >= 0.6 is 0 Å². The summed E-state index contributed by atoms with van der Waals surface area (Å²) in [6, 6.07) is 9.51. The molecule has 2 N–H and O–H groups in total. The van der Waals surface area contributed by atoms with Crippen LogP contribution in [-0.4, -0.2) is 23.4 Å². The summed E-state index contributed by atoms with van der Waals surface area (Å²) in [6.45, 7) is 0.854. The lowest BCUT2D eigenvalue weighted by Crippen LogP contribution is -2.52. The molecular weight excluding hydrogens is 222 g/mol. The van der Waals surface area contributed by atoms with Gasteiger partial charge in [0.25, 0.3) is 0 Å². The van der Waals surface area contributed by atoms with Crippen molar-refractivity contribution in [3.05, 3.63) is 35.4 Å². The number of aliphatic imine (C=N–C) groups is 1. The Morgan fingerprint density at radius 1 is 1.28 bits per heavy atom. The molecule has 3 nitrogen and oxygen atoms in total. The average Bonchev–Trinajstić information content (AvgIpc) is 3.17. The Morgan fingerprint density at radius 3 is 2.94 bits per heavy atom. The fourth-order valence-corrected chi connectivity index (χ4v) is 3.77. The van der Waals surface area contributed by atoms with E-state index >= 15 is 0 Å². The number of guanidine groups is 1. The first-order valence-corrected chi connectivity index (χ1v) is 6.99. The third-order valence-corrected chi connectivity index (χ3v) is 4.68. The molecule has 3 heteroatoms. The Bertz CT molecular complexity index is 518. The molecule has 3 aliphatic rings. The lowest BCUT2D eigenvalue weighted by molar-refractivity contribution is 0.165. The molecule has 4 rings (SSSR count). The smallest absolute Gasteiger partial charge is 0.192 e. The number of hydrogen-bond acceptors (Lipinski definition) is 3. The van der Waals surface area contributed by atoms with E-state index in [-0.39, 0.29) is 5.54 Å². The highest BCUT2D eigenvalue weighted by Crippen LogP contribution is 2.47. The van der Waals surface area contributed by atoms with Crippen LogP contribution in [0.5, 0.6) is 0 Å². The van der Waals surface area contributed by atoms with E-state index in [9.17, 15) is 0 Å². The van der Waals surface area contributed by atoms with Crippen LogP contribution in [-0.2, 0) is 12.0 Å². The molecule has 0 saturated heterocycles. The molecule has 2 aliphatic carbocycles. The van der Waals surface area contributed by atoms with Crippen LogP contribution in [0.3, 0.4) is 0 Å². The van der Waals surface area contributed by atoms with Crippen molar-refractivity contribution in [2.75, 3.05) is 6.54 Å². The summed E-state index contributed by atoms with van der Waals surface area (Å²) in [5.41, 5.74) is 9.22. The molecule has 0 radical (unpaired) electrons. The molecule has 1 atom stereocenters. The van der Waals surface area contributed by atoms with Gasteiger partial charge in [-0.25, -0.2) is 0 Å². The van der Waals surface area contributed by atoms with Gasteiger partial charge in [-0.3, -0.25) is 4.99 Å². The third kappa shape index (κ3) is 1.27. The number of rotatable bonds is 1. The molecule has 0 bridgehead atoms. The molecule has 1 fully saturated rings. The zero-order valence-electron chi connectivity index (χ0n) is 10.6. The van der Waals surface area contributed by atoms with E-state index < -0.39 is 0 Å². The summed E-state index contributed by atoms with van der Waals surface area (Å²) in [7, 11) is 0. The van der Waals surface area contributed by atoms with Crippen molar-refractivity contribution in [1.82, 2.24) is 4.90 Å². The van der Waals surface area contributed by atoms with Gasteiger partial charge in [0.05, 0.1) is 12.1 Å². The molecule has 1 unspecified atom stereocenters. The Hall–Kier alpha value is -1.51. The Labute approximate surface area is 108 Å². The molecule has 18 heavy (non-hydrogen) atoms. The van der Waals surface area contributed by atoms with Gasteiger partial charge >= 0.3 is 0 Å². The van der Waals surface area contributed by atoms with Crippen LogP contribution < -0.4 is 5.73 Å². The van der Waals surface area contributed by atoms with E-state index in [1.165, 1.54) is 43.2 Å². The highest BCUT2D eigenvalue weighted by molar-refractivity contribution is 5.82. The molecule has 1 aromatic rings. The number of nitrogens with zero attached hydrogens (tertiary/aromatic N) is 2.